The lowest BCUT2D eigenvalue weighted by molar-refractivity contribution is -0.104. The van der Waals surface area contributed by atoms with Gasteiger partial charge in [0.05, 0.1) is 7.00 Å². The van der Waals surface area contributed by atoms with Gasteiger partial charge in [-0.2, -0.15) is 0 Å². The van der Waals surface area contributed by atoms with Gasteiger partial charge in [-0.25, -0.2) is 0 Å². The second-order valence-electron chi connectivity index (χ2n) is 2.27. The number of hydrogen-bond acceptors (Lipinski definition) is 2. The summed E-state index contributed by atoms with van der Waals surface area (Å²) in [6.07, 6.45) is 4.90. The van der Waals surface area contributed by atoms with Crippen molar-refractivity contribution < 1.29 is 9.90 Å². The normalized spacial score (nSPS) is 22.0. The van der Waals surface area contributed by atoms with Gasteiger partial charge in [0.1, 0.15) is 5.76 Å². The molecule has 0 unspecified atom stereocenters. The number of carbonyl (C=O) groups is 1. The van der Waals surface area contributed by atoms with Gasteiger partial charge in [-0.15, -0.1) is 0 Å². The van der Waals surface area contributed by atoms with Gasteiger partial charge in [0.2, 0.25) is 0 Å². The molecule has 2 nitrogen and oxygen atoms in total. The van der Waals surface area contributed by atoms with Crippen LogP contribution in [0, 0.1) is 0 Å². The molecule has 1 N–H and O–H groups in total. The first-order chi connectivity index (χ1) is 5.05. The van der Waals surface area contributed by atoms with Crippen molar-refractivity contribution in [2.24, 2.45) is 0 Å². The van der Waals surface area contributed by atoms with Gasteiger partial charge in [-0.3, -0.25) is 4.79 Å². The van der Waals surface area contributed by atoms with E-state index in [1.54, 1.807) is 12.2 Å². The fraction of sp³-hybridized carbons (Fsp3) is 0.286. The predicted molar refractivity (Wildman–Crippen MR) is 60.2 cm³/mol. The van der Waals surface area contributed by atoms with E-state index in [-0.39, 0.29) is 7.19 Å². The third-order valence-electron chi connectivity index (χ3n) is 1.36. The molecule has 0 fully saturated rings. The molecule has 0 heterocycles. The van der Waals surface area contributed by atoms with Gasteiger partial charge in [-0.05, 0) is 12.5 Å². The van der Waals surface area contributed by atoms with E-state index in [1.807, 2.05) is 0 Å². The molecule has 4 heteroatoms. The third-order valence-corrected chi connectivity index (χ3v) is 2.87. The average molecular weight is 376 g/mol. The molecule has 60 valence electrons. The fourth-order valence-electron chi connectivity index (χ4n) is 0.801. The Kier molecular flexibility index (Phi) is 2.96. The average Bonchev–Trinajstić information content (AvgIpc) is 1.86. The Morgan fingerprint density at radius 1 is 1.64 bits per heavy atom. The topological polar surface area (TPSA) is 37.3 Å². The molecule has 0 saturated carbocycles. The molecule has 0 amide bonds. The van der Waals surface area contributed by atoms with E-state index in [0.29, 0.717) is 11.9 Å². The highest BCUT2D eigenvalue weighted by Crippen LogP contribution is 2.38. The van der Waals surface area contributed by atoms with Crippen molar-refractivity contribution in [1.82, 2.24) is 0 Å². The molecule has 0 saturated heterocycles. The summed E-state index contributed by atoms with van der Waals surface area (Å²) in [6.45, 7) is 0. The van der Waals surface area contributed by atoms with Gasteiger partial charge in [-0.1, -0.05) is 51.3 Å². The van der Waals surface area contributed by atoms with Gasteiger partial charge in [0.15, 0.2) is 6.29 Å². The Bertz CT molecular complexity index is 241. The number of halogens is 2. The molecular formula is C7H6I2O2. The first-order valence-corrected chi connectivity index (χ1v) is 5.16. The Balaban J connectivity index is 2.91. The summed E-state index contributed by atoms with van der Waals surface area (Å²) in [5.74, 6) is 0.0926. The highest BCUT2D eigenvalue weighted by molar-refractivity contribution is 14.2. The number of aldehydes is 1. The van der Waals surface area contributed by atoms with Crippen LogP contribution >= 0.6 is 45.2 Å². The smallest absolute Gasteiger partial charge is 0.153 e. The van der Waals surface area contributed by atoms with Crippen LogP contribution in [0.5, 0.6) is 0 Å². The molecule has 0 atom stereocenters. The minimum Gasteiger partial charge on any atom is -0.507 e. The lowest BCUT2D eigenvalue weighted by Crippen LogP contribution is -2.12. The zero-order valence-corrected chi connectivity index (χ0v) is 9.87. The van der Waals surface area contributed by atoms with Crippen LogP contribution in [0.4, 0.5) is 0 Å². The molecule has 1 aliphatic carbocycles. The van der Waals surface area contributed by atoms with Gasteiger partial charge in [0, 0.05) is 0 Å². The molecule has 0 aliphatic heterocycles. The SMILES string of the molecule is O=CC1=CCC(I)(I)C=C1O. The summed E-state index contributed by atoms with van der Waals surface area (Å²) in [7, 11) is 0. The van der Waals surface area contributed by atoms with Crippen LogP contribution in [0.25, 0.3) is 0 Å². The molecule has 0 spiro atoms. The van der Waals surface area contributed by atoms with Crippen molar-refractivity contribution in [2.75, 3.05) is 0 Å². The molecule has 1 aliphatic rings. The molecule has 0 aromatic carbocycles. The first kappa shape index (κ1) is 9.50. The van der Waals surface area contributed by atoms with Crippen LogP contribution in [-0.4, -0.2) is 12.8 Å². The highest BCUT2D eigenvalue weighted by Gasteiger charge is 2.24. The molecule has 0 aromatic rings. The largest absolute Gasteiger partial charge is 0.507 e. The maximum absolute atomic E-state index is 10.3. The monoisotopic (exact) mass is 376 g/mol. The summed E-state index contributed by atoms with van der Waals surface area (Å²) in [6, 6.07) is 0. The zero-order chi connectivity index (χ0) is 8.48. The van der Waals surface area contributed by atoms with Crippen LogP contribution in [0.1, 0.15) is 6.42 Å². The van der Waals surface area contributed by atoms with Crippen molar-refractivity contribution in [3.8, 4) is 0 Å². The van der Waals surface area contributed by atoms with E-state index in [9.17, 15) is 9.90 Å². The molecule has 11 heavy (non-hydrogen) atoms. The lowest BCUT2D eigenvalue weighted by atomic mass is 10.1. The Hall–Kier alpha value is 0.410. The third kappa shape index (κ3) is 2.43. The number of carbonyl (C=O) groups excluding carboxylic acids is 1. The fourth-order valence-corrected chi connectivity index (χ4v) is 1.83. The predicted octanol–water partition coefficient (Wildman–Crippen LogP) is 2.52. The van der Waals surface area contributed by atoms with E-state index in [2.05, 4.69) is 45.2 Å². The van der Waals surface area contributed by atoms with Gasteiger partial charge in [0.25, 0.3) is 0 Å². The van der Waals surface area contributed by atoms with Crippen LogP contribution in [-0.2, 0) is 4.79 Å². The summed E-state index contributed by atoms with van der Waals surface area (Å²) < 4.78 is -0.0773. The molecule has 0 bridgehead atoms. The number of aliphatic hydroxyl groups is 1. The highest BCUT2D eigenvalue weighted by atomic mass is 127. The number of rotatable bonds is 1. The van der Waals surface area contributed by atoms with Crippen LogP contribution < -0.4 is 0 Å². The number of hydrogen-bond donors (Lipinski definition) is 1. The summed E-state index contributed by atoms with van der Waals surface area (Å²) in [4.78, 5) is 10.3. The molecule has 0 radical (unpaired) electrons. The van der Waals surface area contributed by atoms with Crippen molar-refractivity contribution in [2.45, 2.75) is 7.85 Å². The zero-order valence-electron chi connectivity index (χ0n) is 5.55. The van der Waals surface area contributed by atoms with E-state index in [1.165, 1.54) is 0 Å². The number of alkyl halides is 2. The van der Waals surface area contributed by atoms with Crippen molar-refractivity contribution in [3.63, 3.8) is 0 Å². The first-order valence-electron chi connectivity index (χ1n) is 3.00. The minimum atomic E-state index is -0.0773. The van der Waals surface area contributed by atoms with E-state index >= 15 is 0 Å². The van der Waals surface area contributed by atoms with Crippen molar-refractivity contribution in [3.05, 3.63) is 23.5 Å². The van der Waals surface area contributed by atoms with Crippen LogP contribution in [0.2, 0.25) is 0 Å². The summed E-state index contributed by atoms with van der Waals surface area (Å²) >= 11 is 4.44. The Labute approximate surface area is 92.0 Å². The number of aliphatic hydroxyl groups excluding tert-OH is 1. The quantitative estimate of drug-likeness (QED) is 0.434. The van der Waals surface area contributed by atoms with E-state index in [0.717, 1.165) is 6.42 Å². The van der Waals surface area contributed by atoms with Crippen molar-refractivity contribution >= 4 is 51.5 Å². The second kappa shape index (κ2) is 3.42. The number of allylic oxidation sites excluding steroid dienone is 3. The standard InChI is InChI=1S/C7H6I2O2/c8-7(9)2-1-5(4-10)6(11)3-7/h1,3-4,11H,2H2. The van der Waals surface area contributed by atoms with Crippen LogP contribution in [0.15, 0.2) is 23.5 Å². The summed E-state index contributed by atoms with van der Waals surface area (Å²) in [5.41, 5.74) is 0.397. The lowest BCUT2D eigenvalue weighted by Gasteiger charge is -2.18. The maximum Gasteiger partial charge on any atom is 0.153 e. The van der Waals surface area contributed by atoms with Gasteiger partial charge >= 0.3 is 0 Å². The van der Waals surface area contributed by atoms with Crippen LogP contribution in [0.3, 0.4) is 0 Å². The molecule has 1 rings (SSSR count). The Morgan fingerprint density at radius 2 is 2.27 bits per heavy atom. The van der Waals surface area contributed by atoms with Gasteiger partial charge < -0.3 is 5.11 Å². The summed E-state index contributed by atoms with van der Waals surface area (Å²) in [5, 5.41) is 9.26. The molecular weight excluding hydrogens is 370 g/mol. The second-order valence-corrected chi connectivity index (χ2v) is 8.19. The minimum absolute atomic E-state index is 0.0773. The Morgan fingerprint density at radius 3 is 2.73 bits per heavy atom. The van der Waals surface area contributed by atoms with Crippen molar-refractivity contribution in [1.29, 1.82) is 0 Å². The van der Waals surface area contributed by atoms with E-state index in [4.69, 9.17) is 0 Å². The maximum atomic E-state index is 10.3. The molecule has 0 aromatic heterocycles. The van der Waals surface area contributed by atoms with E-state index < -0.39 is 0 Å².